The molecule has 1 amide bonds. The second-order valence-corrected chi connectivity index (χ2v) is 8.57. The van der Waals surface area contributed by atoms with E-state index in [4.69, 9.17) is 0 Å². The number of imidazole rings is 1. The van der Waals surface area contributed by atoms with Crippen molar-refractivity contribution < 1.29 is 15.0 Å². The first kappa shape index (κ1) is 20.0. The molecule has 29 heavy (non-hydrogen) atoms. The molecular weight excluding hydrogens is 372 g/mol. The molecule has 9 nitrogen and oxygen atoms in total. The number of carbonyl (C=O) groups is 1. The van der Waals surface area contributed by atoms with E-state index in [1.807, 2.05) is 23.6 Å². The molecule has 2 saturated carbocycles. The van der Waals surface area contributed by atoms with Crippen LogP contribution in [0.4, 0.5) is 5.82 Å². The number of aromatic nitrogens is 4. The third-order valence-corrected chi connectivity index (χ3v) is 6.35. The maximum atomic E-state index is 12.4. The molecule has 0 aliphatic heterocycles. The summed E-state index contributed by atoms with van der Waals surface area (Å²) >= 11 is 0. The number of fused-ring (bicyclic) bond motifs is 1. The van der Waals surface area contributed by atoms with Gasteiger partial charge in [0.1, 0.15) is 18.5 Å². The van der Waals surface area contributed by atoms with Crippen LogP contribution in [0.3, 0.4) is 0 Å². The molecule has 2 heterocycles. The fraction of sp³-hybridized carbons (Fsp3) is 0.700. The van der Waals surface area contributed by atoms with Crippen LogP contribution in [-0.2, 0) is 4.79 Å². The smallest absolute Gasteiger partial charge is 0.220 e. The maximum absolute atomic E-state index is 12.4. The highest BCUT2D eigenvalue weighted by Crippen LogP contribution is 2.33. The van der Waals surface area contributed by atoms with E-state index in [9.17, 15) is 15.0 Å². The predicted octanol–water partition coefficient (Wildman–Crippen LogP) is 1.01. The molecule has 9 heteroatoms. The Morgan fingerprint density at radius 3 is 2.62 bits per heavy atom. The molecule has 2 aromatic rings. The Morgan fingerprint density at radius 2 is 1.90 bits per heavy atom. The zero-order valence-electron chi connectivity index (χ0n) is 17.0. The van der Waals surface area contributed by atoms with Crippen molar-refractivity contribution in [2.45, 2.75) is 69.2 Å². The van der Waals surface area contributed by atoms with E-state index < -0.39 is 18.2 Å². The normalized spacial score (nSPS) is 28.0. The van der Waals surface area contributed by atoms with Gasteiger partial charge in [-0.2, -0.15) is 0 Å². The number of aliphatic hydroxyl groups is 2. The van der Waals surface area contributed by atoms with Crippen LogP contribution >= 0.6 is 0 Å². The summed E-state index contributed by atoms with van der Waals surface area (Å²) in [6.45, 7) is 0. The highest BCUT2D eigenvalue weighted by molar-refractivity contribution is 5.83. The molecule has 0 aromatic carbocycles. The van der Waals surface area contributed by atoms with Crippen LogP contribution in [0.15, 0.2) is 12.7 Å². The Balaban J connectivity index is 1.46. The van der Waals surface area contributed by atoms with Gasteiger partial charge in [0.15, 0.2) is 17.0 Å². The second-order valence-electron chi connectivity index (χ2n) is 8.57. The van der Waals surface area contributed by atoms with E-state index in [0.717, 1.165) is 12.8 Å². The number of amides is 1. The number of carbonyl (C=O) groups excluding carboxylic acids is 1. The zero-order chi connectivity index (χ0) is 20.5. The Hall–Kier alpha value is -2.26. The number of hydrogen-bond donors (Lipinski definition) is 3. The van der Waals surface area contributed by atoms with Gasteiger partial charge < -0.3 is 25.0 Å². The van der Waals surface area contributed by atoms with Crippen molar-refractivity contribution >= 4 is 22.9 Å². The van der Waals surface area contributed by atoms with E-state index in [-0.39, 0.29) is 11.9 Å². The Labute approximate surface area is 170 Å². The summed E-state index contributed by atoms with van der Waals surface area (Å²) < 4.78 is 1.81. The van der Waals surface area contributed by atoms with Crippen LogP contribution in [0.5, 0.6) is 0 Å². The lowest BCUT2D eigenvalue weighted by atomic mass is 9.85. The molecule has 2 aromatic heterocycles. The lowest BCUT2D eigenvalue weighted by Gasteiger charge is -2.38. The van der Waals surface area contributed by atoms with Crippen LogP contribution in [-0.4, -0.2) is 68.0 Å². The predicted molar refractivity (Wildman–Crippen MR) is 108 cm³/mol. The first-order chi connectivity index (χ1) is 14.0. The monoisotopic (exact) mass is 402 g/mol. The van der Waals surface area contributed by atoms with Gasteiger partial charge in [-0.25, -0.2) is 15.0 Å². The quantitative estimate of drug-likeness (QED) is 0.683. The van der Waals surface area contributed by atoms with E-state index in [0.29, 0.717) is 42.2 Å². The molecule has 2 aliphatic rings. The standard InChI is InChI=1S/C20H30N6O3/c1-25(2)19-16-20(22-10-21-19)26(11-23-16)14-8-7-13(17(28)18(14)29)24-15(27)9-12-5-3-4-6-12/h10-14,17-18,28-29H,3-9H2,1-2H3,(H,24,27)/t13-,14-,17+,18+/m1/s1. The van der Waals surface area contributed by atoms with E-state index in [2.05, 4.69) is 20.3 Å². The van der Waals surface area contributed by atoms with Gasteiger partial charge in [-0.3, -0.25) is 4.79 Å². The fourth-order valence-corrected chi connectivity index (χ4v) is 4.77. The van der Waals surface area contributed by atoms with Gasteiger partial charge in [-0.05, 0) is 31.6 Å². The molecule has 158 valence electrons. The summed E-state index contributed by atoms with van der Waals surface area (Å²) in [5.74, 6) is 1.14. The van der Waals surface area contributed by atoms with Crippen LogP contribution in [0, 0.1) is 5.92 Å². The van der Waals surface area contributed by atoms with Gasteiger partial charge in [0.05, 0.1) is 18.4 Å². The van der Waals surface area contributed by atoms with Gasteiger partial charge >= 0.3 is 0 Å². The number of hydrogen-bond acceptors (Lipinski definition) is 7. The summed E-state index contributed by atoms with van der Waals surface area (Å²) in [4.78, 5) is 27.3. The maximum Gasteiger partial charge on any atom is 0.220 e. The average molecular weight is 402 g/mol. The van der Waals surface area contributed by atoms with Crippen molar-refractivity contribution in [2.24, 2.45) is 5.92 Å². The third-order valence-electron chi connectivity index (χ3n) is 6.35. The van der Waals surface area contributed by atoms with Crippen molar-refractivity contribution in [2.75, 3.05) is 19.0 Å². The summed E-state index contributed by atoms with van der Waals surface area (Å²) in [7, 11) is 3.78. The van der Waals surface area contributed by atoms with Crippen molar-refractivity contribution in [3.8, 4) is 0 Å². The Morgan fingerprint density at radius 1 is 1.14 bits per heavy atom. The molecular formula is C20H30N6O3. The fourth-order valence-electron chi connectivity index (χ4n) is 4.77. The first-order valence-corrected chi connectivity index (χ1v) is 10.5. The van der Waals surface area contributed by atoms with Gasteiger partial charge in [-0.15, -0.1) is 0 Å². The van der Waals surface area contributed by atoms with Crippen LogP contribution in [0.1, 0.15) is 51.0 Å². The number of anilines is 1. The summed E-state index contributed by atoms with van der Waals surface area (Å²) in [5, 5.41) is 24.4. The molecule has 2 aliphatic carbocycles. The largest absolute Gasteiger partial charge is 0.388 e. The average Bonchev–Trinajstić information content (AvgIpc) is 3.35. The molecule has 4 rings (SSSR count). The lowest BCUT2D eigenvalue weighted by Crippen LogP contribution is -2.54. The molecule has 0 radical (unpaired) electrons. The highest BCUT2D eigenvalue weighted by atomic mass is 16.3. The van der Waals surface area contributed by atoms with Crippen molar-refractivity contribution in [1.29, 1.82) is 0 Å². The number of nitrogens with one attached hydrogen (secondary N) is 1. The minimum absolute atomic E-state index is 0.0250. The number of rotatable bonds is 5. The molecule has 0 spiro atoms. The molecule has 3 N–H and O–H groups in total. The van der Waals surface area contributed by atoms with Gasteiger partial charge in [0, 0.05) is 20.5 Å². The summed E-state index contributed by atoms with van der Waals surface area (Å²) in [6.07, 6.45) is 7.39. The second kappa shape index (κ2) is 8.23. The Bertz CT molecular complexity index is 863. The minimum atomic E-state index is -1.03. The summed E-state index contributed by atoms with van der Waals surface area (Å²) in [6, 6.07) is -0.792. The Kier molecular flexibility index (Phi) is 5.69. The first-order valence-electron chi connectivity index (χ1n) is 10.5. The molecule has 2 fully saturated rings. The summed E-state index contributed by atoms with van der Waals surface area (Å²) in [5.41, 5.74) is 1.29. The molecule has 0 bridgehead atoms. The van der Waals surface area contributed by atoms with E-state index in [1.54, 1.807) is 6.33 Å². The van der Waals surface area contributed by atoms with E-state index in [1.165, 1.54) is 19.2 Å². The minimum Gasteiger partial charge on any atom is -0.388 e. The SMILES string of the molecule is CN(C)c1ncnc2c1ncn2[C@@H]1CC[C@@H](NC(=O)CC2CCCC2)[C@H](O)[C@H]1O. The molecule has 0 unspecified atom stereocenters. The van der Waals surface area contributed by atoms with Crippen LogP contribution in [0.25, 0.3) is 11.2 Å². The van der Waals surface area contributed by atoms with Gasteiger partial charge in [-0.1, -0.05) is 12.8 Å². The highest BCUT2D eigenvalue weighted by Gasteiger charge is 2.40. The van der Waals surface area contributed by atoms with Crippen molar-refractivity contribution in [3.63, 3.8) is 0 Å². The van der Waals surface area contributed by atoms with Crippen molar-refractivity contribution in [1.82, 2.24) is 24.8 Å². The van der Waals surface area contributed by atoms with Crippen LogP contribution < -0.4 is 10.2 Å². The topological polar surface area (TPSA) is 116 Å². The number of aliphatic hydroxyl groups excluding tert-OH is 2. The van der Waals surface area contributed by atoms with Crippen LogP contribution in [0.2, 0.25) is 0 Å². The van der Waals surface area contributed by atoms with Gasteiger partial charge in [0.2, 0.25) is 5.91 Å². The molecule has 0 saturated heterocycles. The van der Waals surface area contributed by atoms with Gasteiger partial charge in [0.25, 0.3) is 0 Å². The number of nitrogens with zero attached hydrogens (tertiary/aromatic N) is 5. The zero-order valence-corrected chi connectivity index (χ0v) is 17.0. The van der Waals surface area contributed by atoms with Crippen molar-refractivity contribution in [3.05, 3.63) is 12.7 Å². The third kappa shape index (κ3) is 3.93. The lowest BCUT2D eigenvalue weighted by molar-refractivity contribution is -0.126. The van der Waals surface area contributed by atoms with E-state index >= 15 is 0 Å². The molecule has 4 atom stereocenters.